The van der Waals surface area contributed by atoms with Crippen LogP contribution in [-0.4, -0.2) is 96.2 Å². The molecule has 1 fully saturated rings. The lowest BCUT2D eigenvalue weighted by atomic mass is 9.95. The van der Waals surface area contributed by atoms with E-state index >= 15 is 0 Å². The second-order valence-electron chi connectivity index (χ2n) is 26.0. The van der Waals surface area contributed by atoms with Crippen LogP contribution in [0.3, 0.4) is 0 Å². The number of unbranched alkanes of at least 4 members (excludes halogenated alkanes) is 30. The fourth-order valence-corrected chi connectivity index (χ4v) is 11.8. The monoisotopic (exact) mass is 1320 g/mol. The first kappa shape index (κ1) is 81.3. The van der Waals surface area contributed by atoms with Crippen LogP contribution in [0.15, 0.2) is 91.0 Å². The van der Waals surface area contributed by atoms with Gasteiger partial charge in [-0.2, -0.15) is 0 Å². The summed E-state index contributed by atoms with van der Waals surface area (Å²) < 4.78 is 42.2. The number of hydrogen-bond donors (Lipinski definition) is 3. The lowest BCUT2D eigenvalue weighted by Crippen LogP contribution is -2.66. The van der Waals surface area contributed by atoms with Crippen LogP contribution in [0.1, 0.15) is 288 Å². The van der Waals surface area contributed by atoms with Crippen molar-refractivity contribution in [2.24, 2.45) is 0 Å². The highest BCUT2D eigenvalue weighted by atomic mass is 16.7. The average molecular weight is 1330 g/mol. The Bertz CT molecular complexity index is 2440. The third-order valence-corrected chi connectivity index (χ3v) is 17.5. The molecule has 1 heterocycles. The summed E-state index contributed by atoms with van der Waals surface area (Å²) in [5, 5.41) is 18.1. The molecule has 95 heavy (non-hydrogen) atoms. The van der Waals surface area contributed by atoms with Gasteiger partial charge in [0.25, 0.3) is 0 Å². The lowest BCUT2D eigenvalue weighted by molar-refractivity contribution is -0.286. The van der Waals surface area contributed by atoms with E-state index < -0.39 is 110 Å². The highest BCUT2D eigenvalue weighted by molar-refractivity contribution is 5.88. The van der Waals surface area contributed by atoms with Crippen LogP contribution in [-0.2, 0) is 86.5 Å². The van der Waals surface area contributed by atoms with Gasteiger partial charge in [0, 0.05) is 19.3 Å². The second-order valence-corrected chi connectivity index (χ2v) is 26.0. The molecule has 0 unspecified atom stereocenters. The van der Waals surface area contributed by atoms with Crippen LogP contribution in [0.5, 0.6) is 0 Å². The quantitative estimate of drug-likeness (QED) is 0.0271. The summed E-state index contributed by atoms with van der Waals surface area (Å²) in [5.41, 5.74) is 2.15. The molecule has 1 saturated heterocycles. The molecule has 0 aromatic heterocycles. The summed E-state index contributed by atoms with van der Waals surface area (Å²) in [7, 11) is 0. The maximum absolute atomic E-state index is 14.4. The normalized spacial score (nSPS) is 16.4. The van der Waals surface area contributed by atoms with Gasteiger partial charge in [0.15, 0.2) is 12.4 Å². The van der Waals surface area contributed by atoms with Crippen molar-refractivity contribution in [3.63, 3.8) is 0 Å². The molecule has 1 aliphatic heterocycles. The number of benzene rings is 3. The zero-order valence-corrected chi connectivity index (χ0v) is 58.3. The molecule has 3 aromatic rings. The number of rotatable bonds is 56. The van der Waals surface area contributed by atoms with Gasteiger partial charge in [0.2, 0.25) is 11.8 Å². The van der Waals surface area contributed by atoms with Crippen molar-refractivity contribution in [2.45, 2.75) is 334 Å². The van der Waals surface area contributed by atoms with E-state index in [1.54, 1.807) is 48.5 Å². The Labute approximate surface area is 569 Å². The SMILES string of the molecule is CCCCCCCCCCCCCC(=O)N[C@H]1[C@@H](OC(CC(=O)OCc2ccccc2)CC(=O)OCc2ccccc2)O[C@H](COC(=O)[C@@H](CC(=O)OCc2ccccc2)NC(=O)CCCCCCCCCCCCC)[C@@H](O)[C@@H]1OC(=O)CCCCCCCCCCCCC. The van der Waals surface area contributed by atoms with Gasteiger partial charge in [-0.05, 0) is 36.0 Å². The van der Waals surface area contributed by atoms with E-state index in [0.717, 1.165) is 88.2 Å². The molecular weight excluding hydrogens is 1200 g/mol. The van der Waals surface area contributed by atoms with Crippen molar-refractivity contribution in [1.29, 1.82) is 0 Å². The summed E-state index contributed by atoms with van der Waals surface area (Å²) in [6, 6.07) is 24.2. The highest BCUT2D eigenvalue weighted by Gasteiger charge is 2.50. The number of esters is 5. The Morgan fingerprint density at radius 3 is 1.16 bits per heavy atom. The van der Waals surface area contributed by atoms with Gasteiger partial charge in [-0.15, -0.1) is 0 Å². The van der Waals surface area contributed by atoms with Gasteiger partial charge in [0.1, 0.15) is 50.7 Å². The van der Waals surface area contributed by atoms with Gasteiger partial charge in [-0.1, -0.05) is 304 Å². The zero-order valence-electron chi connectivity index (χ0n) is 58.3. The minimum Gasteiger partial charge on any atom is -0.461 e. The number of aliphatic hydroxyl groups excluding tert-OH is 1. The number of hydrogen-bond acceptors (Lipinski definition) is 15. The third-order valence-electron chi connectivity index (χ3n) is 17.5. The maximum Gasteiger partial charge on any atom is 0.329 e. The van der Waals surface area contributed by atoms with E-state index in [4.69, 9.17) is 33.2 Å². The van der Waals surface area contributed by atoms with Crippen LogP contribution < -0.4 is 10.6 Å². The number of ether oxygens (including phenoxy) is 7. The molecule has 3 aromatic carbocycles. The molecule has 0 bridgehead atoms. The zero-order chi connectivity index (χ0) is 68.2. The Kier molecular flexibility index (Phi) is 45.3. The van der Waals surface area contributed by atoms with Gasteiger partial charge >= 0.3 is 29.8 Å². The third kappa shape index (κ3) is 39.0. The second kappa shape index (κ2) is 52.9. The molecule has 0 spiro atoms. The van der Waals surface area contributed by atoms with Crippen LogP contribution in [0.2, 0.25) is 0 Å². The number of nitrogens with one attached hydrogen (secondary N) is 2. The molecule has 532 valence electrons. The standard InChI is InChI=1S/C78H120N2O15/c1-4-7-10-13-16-19-22-25-28-31-43-52-68(81)79-66(57-73(86)91-60-64-50-41-36-42-51-64)77(88)92-61-67-75(87)76(95-70(83)54-45-33-30-27-24-21-18-15-12-9-6-3)74(80-69(82)53-44-32-29-26-23-20-17-14-11-8-5-2)78(94-67)93-65(55-71(84)89-58-62-46-37-34-38-47-62)56-72(85)90-59-63-48-39-35-40-49-63/h34-42,46-51,65-67,74-76,78,87H,4-33,43-45,52-61H2,1-3H3,(H,79,81)(H,80,82)/t66-,67-,74-,75-,76-,78+/m1/s1. The van der Waals surface area contributed by atoms with E-state index in [-0.39, 0.29) is 39.1 Å². The molecule has 6 atom stereocenters. The van der Waals surface area contributed by atoms with E-state index in [1.807, 2.05) is 42.5 Å². The first-order chi connectivity index (χ1) is 46.4. The summed E-state index contributed by atoms with van der Waals surface area (Å²) in [6.07, 6.45) is 26.1. The molecular formula is C78H120N2O15. The van der Waals surface area contributed by atoms with Crippen molar-refractivity contribution in [1.82, 2.24) is 10.6 Å². The summed E-state index contributed by atoms with van der Waals surface area (Å²) >= 11 is 0. The minimum atomic E-state index is -1.77. The molecule has 4 rings (SSSR count). The maximum atomic E-state index is 14.4. The highest BCUT2D eigenvalue weighted by Crippen LogP contribution is 2.29. The Balaban J connectivity index is 1.61. The minimum absolute atomic E-state index is 0.00421. The lowest BCUT2D eigenvalue weighted by Gasteiger charge is -2.44. The molecule has 1 aliphatic rings. The summed E-state index contributed by atoms with van der Waals surface area (Å²) in [6.45, 7) is 5.67. The molecule has 17 nitrogen and oxygen atoms in total. The summed E-state index contributed by atoms with van der Waals surface area (Å²) in [5.74, 6) is -4.85. The number of carbonyl (C=O) groups excluding carboxylic acids is 7. The van der Waals surface area contributed by atoms with Crippen molar-refractivity contribution < 1.29 is 71.8 Å². The van der Waals surface area contributed by atoms with Crippen molar-refractivity contribution in [2.75, 3.05) is 6.61 Å². The topological polar surface area (TPSA) is 228 Å². The Morgan fingerprint density at radius 1 is 0.421 bits per heavy atom. The van der Waals surface area contributed by atoms with Crippen molar-refractivity contribution >= 4 is 41.7 Å². The Hall–Kier alpha value is -6.17. The predicted molar refractivity (Wildman–Crippen MR) is 370 cm³/mol. The average Bonchev–Trinajstić information content (AvgIpc) is 0.847. The summed E-state index contributed by atoms with van der Waals surface area (Å²) in [4.78, 5) is 97.4. The Morgan fingerprint density at radius 2 is 0.768 bits per heavy atom. The predicted octanol–water partition coefficient (Wildman–Crippen LogP) is 16.4. The smallest absolute Gasteiger partial charge is 0.329 e. The molecule has 0 radical (unpaired) electrons. The number of aliphatic hydroxyl groups is 1. The van der Waals surface area contributed by atoms with Crippen LogP contribution in [0.25, 0.3) is 0 Å². The fourth-order valence-electron chi connectivity index (χ4n) is 11.8. The molecule has 2 amide bonds. The largest absolute Gasteiger partial charge is 0.461 e. The van der Waals surface area contributed by atoms with Crippen LogP contribution >= 0.6 is 0 Å². The molecule has 0 saturated carbocycles. The first-order valence-corrected chi connectivity index (χ1v) is 36.9. The first-order valence-electron chi connectivity index (χ1n) is 36.9. The van der Waals surface area contributed by atoms with Crippen LogP contribution in [0.4, 0.5) is 0 Å². The number of amides is 2. The van der Waals surface area contributed by atoms with Crippen molar-refractivity contribution in [3.8, 4) is 0 Å². The van der Waals surface area contributed by atoms with Gasteiger partial charge < -0.3 is 48.9 Å². The number of carbonyl (C=O) groups is 7. The van der Waals surface area contributed by atoms with Gasteiger partial charge in [0.05, 0.1) is 25.4 Å². The van der Waals surface area contributed by atoms with Gasteiger partial charge in [-0.3, -0.25) is 28.8 Å². The van der Waals surface area contributed by atoms with E-state index in [9.17, 15) is 38.7 Å². The van der Waals surface area contributed by atoms with E-state index in [1.165, 1.54) is 116 Å². The van der Waals surface area contributed by atoms with Crippen molar-refractivity contribution in [3.05, 3.63) is 108 Å². The van der Waals surface area contributed by atoms with E-state index in [2.05, 4.69) is 31.4 Å². The van der Waals surface area contributed by atoms with E-state index in [0.29, 0.717) is 24.8 Å². The molecule has 0 aliphatic carbocycles. The molecule has 17 heteroatoms. The van der Waals surface area contributed by atoms with Crippen LogP contribution in [0, 0.1) is 0 Å². The van der Waals surface area contributed by atoms with Gasteiger partial charge in [-0.25, -0.2) is 4.79 Å². The fraction of sp³-hybridized carbons (Fsp3) is 0.679. The molecule has 3 N–H and O–H groups in total.